The van der Waals surface area contributed by atoms with Crippen LogP contribution in [0.25, 0.3) is 0 Å². The van der Waals surface area contributed by atoms with Crippen LogP contribution in [0.1, 0.15) is 59.9 Å². The maximum Gasteiger partial charge on any atom is 0.494 e. The van der Waals surface area contributed by atoms with Gasteiger partial charge in [0.2, 0.25) is 0 Å². The molecule has 0 saturated carbocycles. The summed E-state index contributed by atoms with van der Waals surface area (Å²) in [5, 5.41) is 0. The van der Waals surface area contributed by atoms with Crippen LogP contribution < -0.4 is 5.46 Å². The molecule has 0 atom stereocenters. The van der Waals surface area contributed by atoms with Gasteiger partial charge in [0.1, 0.15) is 0 Å². The summed E-state index contributed by atoms with van der Waals surface area (Å²) in [5.74, 6) is 0. The van der Waals surface area contributed by atoms with Gasteiger partial charge in [-0.3, -0.25) is 4.90 Å². The van der Waals surface area contributed by atoms with Gasteiger partial charge in [-0.05, 0) is 64.7 Å². The lowest BCUT2D eigenvalue weighted by atomic mass is 9.79. The van der Waals surface area contributed by atoms with Crippen LogP contribution in [0.2, 0.25) is 0 Å². The normalized spacial score (nSPS) is 18.7. The number of rotatable bonds is 7. The third-order valence-electron chi connectivity index (χ3n) is 4.99. The predicted octanol–water partition coefficient (Wildman–Crippen LogP) is 4.03. The molecule has 0 unspecified atom stereocenters. The Morgan fingerprint density at radius 1 is 0.875 bits per heavy atom. The molecule has 0 aliphatic carbocycles. The molecule has 24 heavy (non-hydrogen) atoms. The Morgan fingerprint density at radius 2 is 1.33 bits per heavy atom. The minimum absolute atomic E-state index is 0. The van der Waals surface area contributed by atoms with Crippen molar-refractivity contribution < 1.29 is 9.31 Å². The summed E-state index contributed by atoms with van der Waals surface area (Å²) in [6.45, 7) is 16.2. The number of benzene rings is 1. The van der Waals surface area contributed by atoms with Gasteiger partial charge in [-0.1, -0.05) is 38.1 Å². The van der Waals surface area contributed by atoms with Gasteiger partial charge in [0.25, 0.3) is 0 Å². The first-order valence-corrected chi connectivity index (χ1v) is 8.96. The average molecular weight is 354 g/mol. The van der Waals surface area contributed by atoms with E-state index in [4.69, 9.17) is 9.31 Å². The Bertz CT molecular complexity index is 483. The molecular formula is C19H33BClNO2. The van der Waals surface area contributed by atoms with E-state index in [2.05, 4.69) is 70.7 Å². The fourth-order valence-corrected chi connectivity index (χ4v) is 2.92. The first-order chi connectivity index (χ1) is 10.8. The fourth-order valence-electron chi connectivity index (χ4n) is 2.92. The molecule has 0 radical (unpaired) electrons. The van der Waals surface area contributed by atoms with Gasteiger partial charge in [0.05, 0.1) is 11.2 Å². The van der Waals surface area contributed by atoms with Gasteiger partial charge in [-0.15, -0.1) is 12.4 Å². The summed E-state index contributed by atoms with van der Waals surface area (Å²) in [6, 6.07) is 8.71. The largest absolute Gasteiger partial charge is 0.494 e. The van der Waals surface area contributed by atoms with Crippen LogP contribution in [0.5, 0.6) is 0 Å². The third-order valence-corrected chi connectivity index (χ3v) is 4.99. The van der Waals surface area contributed by atoms with E-state index >= 15 is 0 Å². The lowest BCUT2D eigenvalue weighted by Gasteiger charge is -2.32. The number of halogens is 1. The van der Waals surface area contributed by atoms with Crippen molar-refractivity contribution in [2.24, 2.45) is 0 Å². The van der Waals surface area contributed by atoms with Crippen molar-refractivity contribution >= 4 is 25.0 Å². The fraction of sp³-hybridized carbons (Fsp3) is 0.684. The first-order valence-electron chi connectivity index (χ1n) is 8.96. The SMILES string of the molecule is CCCN(CCC)Cc1ccc(B2OC(C)(C)C(C)(C)O2)cc1.Cl. The van der Waals surface area contributed by atoms with Crippen LogP contribution in [-0.4, -0.2) is 36.3 Å². The summed E-state index contributed by atoms with van der Waals surface area (Å²) in [5.41, 5.74) is 1.89. The molecule has 0 bridgehead atoms. The van der Waals surface area contributed by atoms with Gasteiger partial charge in [-0.2, -0.15) is 0 Å². The average Bonchev–Trinajstić information content (AvgIpc) is 2.69. The van der Waals surface area contributed by atoms with E-state index < -0.39 is 0 Å². The second-order valence-corrected chi connectivity index (χ2v) is 7.61. The van der Waals surface area contributed by atoms with E-state index in [9.17, 15) is 0 Å². The molecular weight excluding hydrogens is 320 g/mol. The lowest BCUT2D eigenvalue weighted by molar-refractivity contribution is 0.00578. The van der Waals surface area contributed by atoms with E-state index in [1.807, 2.05) is 0 Å². The molecule has 1 aliphatic heterocycles. The molecule has 0 amide bonds. The van der Waals surface area contributed by atoms with Crippen molar-refractivity contribution in [3.8, 4) is 0 Å². The maximum atomic E-state index is 6.12. The molecule has 1 aromatic carbocycles. The zero-order valence-corrected chi connectivity index (χ0v) is 16.9. The van der Waals surface area contributed by atoms with Gasteiger partial charge in [0, 0.05) is 6.54 Å². The summed E-state index contributed by atoms with van der Waals surface area (Å²) in [4.78, 5) is 2.52. The highest BCUT2D eigenvalue weighted by Gasteiger charge is 2.51. The molecule has 1 aliphatic rings. The molecule has 1 aromatic rings. The summed E-state index contributed by atoms with van der Waals surface area (Å²) < 4.78 is 12.2. The summed E-state index contributed by atoms with van der Waals surface area (Å²) in [6.07, 6.45) is 2.40. The van der Waals surface area contributed by atoms with Gasteiger partial charge in [0.15, 0.2) is 0 Å². The van der Waals surface area contributed by atoms with Gasteiger partial charge < -0.3 is 9.31 Å². The quantitative estimate of drug-likeness (QED) is 0.691. The lowest BCUT2D eigenvalue weighted by Crippen LogP contribution is -2.41. The smallest absolute Gasteiger partial charge is 0.399 e. The molecule has 1 heterocycles. The minimum atomic E-state index is -0.282. The Morgan fingerprint density at radius 3 is 1.75 bits per heavy atom. The van der Waals surface area contributed by atoms with E-state index in [0.29, 0.717) is 0 Å². The predicted molar refractivity (Wildman–Crippen MR) is 105 cm³/mol. The van der Waals surface area contributed by atoms with Crippen molar-refractivity contribution in [3.63, 3.8) is 0 Å². The third kappa shape index (κ3) is 4.98. The molecule has 2 rings (SSSR count). The van der Waals surface area contributed by atoms with E-state index in [1.54, 1.807) is 0 Å². The van der Waals surface area contributed by atoms with E-state index in [0.717, 1.165) is 25.1 Å². The molecule has 0 spiro atoms. The molecule has 1 fully saturated rings. The number of hydrogen-bond acceptors (Lipinski definition) is 3. The standard InChI is InChI=1S/C19H32BNO2.ClH/c1-7-13-21(14-8-2)15-16-9-11-17(12-10-16)20-22-18(3,4)19(5,6)23-20;/h9-12H,7-8,13-15H2,1-6H3;1H. The molecule has 0 aromatic heterocycles. The monoisotopic (exact) mass is 353 g/mol. The van der Waals surface area contributed by atoms with Crippen molar-refractivity contribution in [1.82, 2.24) is 4.90 Å². The van der Waals surface area contributed by atoms with Gasteiger partial charge >= 0.3 is 7.12 Å². The van der Waals surface area contributed by atoms with Gasteiger partial charge in [-0.25, -0.2) is 0 Å². The van der Waals surface area contributed by atoms with Crippen LogP contribution >= 0.6 is 12.4 Å². The van der Waals surface area contributed by atoms with Crippen molar-refractivity contribution in [1.29, 1.82) is 0 Å². The Kier molecular flexibility index (Phi) is 7.80. The van der Waals surface area contributed by atoms with Crippen LogP contribution in [0.3, 0.4) is 0 Å². The second kappa shape index (κ2) is 8.71. The van der Waals surface area contributed by atoms with Crippen molar-refractivity contribution in [2.45, 2.75) is 72.1 Å². The maximum absolute atomic E-state index is 6.12. The molecule has 1 saturated heterocycles. The second-order valence-electron chi connectivity index (χ2n) is 7.61. The van der Waals surface area contributed by atoms with Crippen LogP contribution in [0, 0.1) is 0 Å². The highest BCUT2D eigenvalue weighted by molar-refractivity contribution is 6.62. The topological polar surface area (TPSA) is 21.7 Å². The van der Waals surface area contributed by atoms with Crippen molar-refractivity contribution in [2.75, 3.05) is 13.1 Å². The zero-order valence-electron chi connectivity index (χ0n) is 16.1. The zero-order chi connectivity index (χ0) is 17.1. The highest BCUT2D eigenvalue weighted by Crippen LogP contribution is 2.36. The molecule has 0 N–H and O–H groups in total. The van der Waals surface area contributed by atoms with Crippen molar-refractivity contribution in [3.05, 3.63) is 29.8 Å². The Balaban J connectivity index is 0.00000288. The Hall–Kier alpha value is -0.545. The summed E-state index contributed by atoms with van der Waals surface area (Å²) >= 11 is 0. The van der Waals surface area contributed by atoms with E-state index in [-0.39, 0.29) is 30.7 Å². The summed E-state index contributed by atoms with van der Waals surface area (Å²) in [7, 11) is -0.267. The first kappa shape index (κ1) is 21.5. The van der Waals surface area contributed by atoms with Crippen LogP contribution in [0.15, 0.2) is 24.3 Å². The Labute approximate surface area is 154 Å². The van der Waals surface area contributed by atoms with E-state index in [1.165, 1.54) is 18.4 Å². The number of nitrogens with zero attached hydrogens (tertiary/aromatic N) is 1. The molecule has 5 heteroatoms. The molecule has 3 nitrogen and oxygen atoms in total. The highest BCUT2D eigenvalue weighted by atomic mass is 35.5. The number of hydrogen-bond donors (Lipinski definition) is 0. The minimum Gasteiger partial charge on any atom is -0.399 e. The molecule has 136 valence electrons. The van der Waals surface area contributed by atoms with Crippen LogP contribution in [0.4, 0.5) is 0 Å². The van der Waals surface area contributed by atoms with Crippen LogP contribution in [-0.2, 0) is 15.9 Å².